The molecule has 1 aromatic carbocycles. The summed E-state index contributed by atoms with van der Waals surface area (Å²) in [6.07, 6.45) is 0. The largest absolute Gasteiger partial charge is 0.379 e. The lowest BCUT2D eigenvalue weighted by atomic mass is 9.92. The SMILES string of the molecule is CNC1COCC1C(=O)c1ccc(C)c(F)c1F. The number of aryl methyl sites for hydroxylation is 1. The summed E-state index contributed by atoms with van der Waals surface area (Å²) < 4.78 is 32.4. The van der Waals surface area contributed by atoms with Gasteiger partial charge in [-0.3, -0.25) is 4.79 Å². The van der Waals surface area contributed by atoms with Crippen molar-refractivity contribution in [2.24, 2.45) is 5.92 Å². The molecular formula is C13H15F2NO2. The first-order chi connectivity index (χ1) is 8.56. The topological polar surface area (TPSA) is 38.3 Å². The number of carbonyl (C=O) groups excluding carboxylic acids is 1. The third kappa shape index (κ3) is 2.15. The molecule has 1 aliphatic heterocycles. The van der Waals surface area contributed by atoms with E-state index in [-0.39, 0.29) is 23.8 Å². The van der Waals surface area contributed by atoms with Crippen molar-refractivity contribution in [3.63, 3.8) is 0 Å². The number of ether oxygens (including phenoxy) is 1. The average molecular weight is 255 g/mol. The third-order valence-corrected chi connectivity index (χ3v) is 3.33. The molecule has 2 unspecified atom stereocenters. The molecule has 18 heavy (non-hydrogen) atoms. The second-order valence-corrected chi connectivity index (χ2v) is 4.46. The quantitative estimate of drug-likeness (QED) is 0.835. The van der Waals surface area contributed by atoms with Gasteiger partial charge in [-0.25, -0.2) is 8.78 Å². The molecule has 2 atom stereocenters. The van der Waals surface area contributed by atoms with E-state index < -0.39 is 23.3 Å². The lowest BCUT2D eigenvalue weighted by molar-refractivity contribution is 0.0887. The van der Waals surface area contributed by atoms with Gasteiger partial charge in [-0.2, -0.15) is 0 Å². The number of carbonyl (C=O) groups is 1. The van der Waals surface area contributed by atoms with Gasteiger partial charge >= 0.3 is 0 Å². The molecule has 0 aromatic heterocycles. The first-order valence-electron chi connectivity index (χ1n) is 5.80. The zero-order valence-corrected chi connectivity index (χ0v) is 10.3. The first-order valence-corrected chi connectivity index (χ1v) is 5.80. The van der Waals surface area contributed by atoms with E-state index >= 15 is 0 Å². The zero-order chi connectivity index (χ0) is 13.3. The van der Waals surface area contributed by atoms with Gasteiger partial charge in [0.15, 0.2) is 17.4 Å². The minimum atomic E-state index is -1.07. The molecule has 2 rings (SSSR count). The summed E-state index contributed by atoms with van der Waals surface area (Å²) in [7, 11) is 1.71. The van der Waals surface area contributed by atoms with Crippen LogP contribution in [0.4, 0.5) is 8.78 Å². The molecule has 0 spiro atoms. The summed E-state index contributed by atoms with van der Waals surface area (Å²) >= 11 is 0. The van der Waals surface area contributed by atoms with Crippen molar-refractivity contribution in [2.45, 2.75) is 13.0 Å². The Kier molecular flexibility index (Phi) is 3.73. The highest BCUT2D eigenvalue weighted by Crippen LogP contribution is 2.23. The number of Topliss-reactive ketones (excluding diaryl/α,β-unsaturated/α-hetero) is 1. The Balaban J connectivity index is 2.32. The zero-order valence-electron chi connectivity index (χ0n) is 10.3. The van der Waals surface area contributed by atoms with E-state index in [4.69, 9.17) is 4.74 Å². The van der Waals surface area contributed by atoms with Gasteiger partial charge in [0, 0.05) is 6.04 Å². The summed E-state index contributed by atoms with van der Waals surface area (Å²) in [6.45, 7) is 2.10. The highest BCUT2D eigenvalue weighted by Gasteiger charge is 2.35. The van der Waals surface area contributed by atoms with Crippen LogP contribution in [0.5, 0.6) is 0 Å². The number of hydrogen-bond donors (Lipinski definition) is 1. The van der Waals surface area contributed by atoms with Gasteiger partial charge < -0.3 is 10.1 Å². The molecule has 1 aromatic rings. The predicted molar refractivity (Wildman–Crippen MR) is 62.6 cm³/mol. The minimum Gasteiger partial charge on any atom is -0.379 e. The molecule has 1 heterocycles. The number of rotatable bonds is 3. The Morgan fingerprint density at radius 1 is 1.33 bits per heavy atom. The Hall–Kier alpha value is -1.33. The minimum absolute atomic E-state index is 0.152. The van der Waals surface area contributed by atoms with Crippen LogP contribution in [0.15, 0.2) is 12.1 Å². The summed E-state index contributed by atoms with van der Waals surface area (Å²) in [5.41, 5.74) is -0.00858. The number of halogens is 2. The van der Waals surface area contributed by atoms with Crippen molar-refractivity contribution in [2.75, 3.05) is 20.3 Å². The number of likely N-dealkylation sites (N-methyl/N-ethyl adjacent to an activating group) is 1. The molecular weight excluding hydrogens is 240 g/mol. The van der Waals surface area contributed by atoms with E-state index in [1.807, 2.05) is 0 Å². The predicted octanol–water partition coefficient (Wildman–Crippen LogP) is 1.69. The van der Waals surface area contributed by atoms with E-state index in [0.29, 0.717) is 6.61 Å². The highest BCUT2D eigenvalue weighted by molar-refractivity contribution is 5.99. The molecule has 1 N–H and O–H groups in total. The molecule has 98 valence electrons. The van der Waals surface area contributed by atoms with Gasteiger partial charge in [0.1, 0.15) is 0 Å². The van der Waals surface area contributed by atoms with Gasteiger partial charge in [0.25, 0.3) is 0 Å². The number of nitrogens with one attached hydrogen (secondary N) is 1. The Morgan fingerprint density at radius 2 is 2.06 bits per heavy atom. The number of ketones is 1. The fraction of sp³-hybridized carbons (Fsp3) is 0.462. The molecule has 0 bridgehead atoms. The maximum absolute atomic E-state index is 13.7. The van der Waals surface area contributed by atoms with Gasteiger partial charge in [0.2, 0.25) is 0 Å². The van der Waals surface area contributed by atoms with E-state index in [9.17, 15) is 13.6 Å². The van der Waals surface area contributed by atoms with Crippen LogP contribution >= 0.6 is 0 Å². The van der Waals surface area contributed by atoms with E-state index in [2.05, 4.69) is 5.32 Å². The summed E-state index contributed by atoms with van der Waals surface area (Å²) in [4.78, 5) is 12.2. The average Bonchev–Trinajstić information content (AvgIpc) is 2.83. The molecule has 1 aliphatic rings. The van der Waals surface area contributed by atoms with Crippen LogP contribution in [-0.2, 0) is 4.74 Å². The fourth-order valence-corrected chi connectivity index (χ4v) is 2.13. The molecule has 1 fully saturated rings. The second kappa shape index (κ2) is 5.12. The van der Waals surface area contributed by atoms with Gasteiger partial charge in [-0.15, -0.1) is 0 Å². The third-order valence-electron chi connectivity index (χ3n) is 3.33. The van der Waals surface area contributed by atoms with Crippen LogP contribution in [0.3, 0.4) is 0 Å². The van der Waals surface area contributed by atoms with Gasteiger partial charge in [-0.05, 0) is 25.6 Å². The standard InChI is InChI=1S/C13H15F2NO2/c1-7-3-4-8(12(15)11(7)14)13(17)9-5-18-6-10(9)16-2/h3-4,9-10,16H,5-6H2,1-2H3. The van der Waals surface area contributed by atoms with Crippen molar-refractivity contribution < 1.29 is 18.3 Å². The van der Waals surface area contributed by atoms with Crippen LogP contribution < -0.4 is 5.32 Å². The molecule has 5 heteroatoms. The monoisotopic (exact) mass is 255 g/mol. The van der Waals surface area contributed by atoms with E-state index in [1.54, 1.807) is 7.05 Å². The van der Waals surface area contributed by atoms with Crippen LogP contribution in [0, 0.1) is 24.5 Å². The van der Waals surface area contributed by atoms with Crippen LogP contribution in [0.25, 0.3) is 0 Å². The smallest absolute Gasteiger partial charge is 0.172 e. The molecule has 0 radical (unpaired) electrons. The Morgan fingerprint density at radius 3 is 2.72 bits per heavy atom. The lowest BCUT2D eigenvalue weighted by Gasteiger charge is -2.16. The van der Waals surface area contributed by atoms with Crippen molar-refractivity contribution in [1.29, 1.82) is 0 Å². The summed E-state index contributed by atoms with van der Waals surface area (Å²) in [5.74, 6) is -2.91. The van der Waals surface area contributed by atoms with Crippen molar-refractivity contribution in [3.8, 4) is 0 Å². The van der Waals surface area contributed by atoms with Gasteiger partial charge in [-0.1, -0.05) is 6.07 Å². The fourth-order valence-electron chi connectivity index (χ4n) is 2.13. The highest BCUT2D eigenvalue weighted by atomic mass is 19.2. The molecule has 0 amide bonds. The molecule has 1 saturated heterocycles. The van der Waals surface area contributed by atoms with E-state index in [1.165, 1.54) is 19.1 Å². The van der Waals surface area contributed by atoms with Gasteiger partial charge in [0.05, 0.1) is 24.7 Å². The van der Waals surface area contributed by atoms with Crippen LogP contribution in [0.2, 0.25) is 0 Å². The normalized spacial score (nSPS) is 23.3. The molecule has 3 nitrogen and oxygen atoms in total. The Labute approximate surface area is 104 Å². The van der Waals surface area contributed by atoms with Crippen molar-refractivity contribution in [1.82, 2.24) is 5.32 Å². The van der Waals surface area contributed by atoms with Crippen molar-refractivity contribution >= 4 is 5.78 Å². The first kappa shape index (κ1) is 13.1. The summed E-state index contributed by atoms with van der Waals surface area (Å²) in [6, 6.07) is 2.60. The Bertz CT molecular complexity index is 476. The number of hydrogen-bond acceptors (Lipinski definition) is 3. The van der Waals surface area contributed by atoms with Crippen LogP contribution in [0.1, 0.15) is 15.9 Å². The van der Waals surface area contributed by atoms with E-state index in [0.717, 1.165) is 0 Å². The second-order valence-electron chi connectivity index (χ2n) is 4.46. The molecule has 0 saturated carbocycles. The maximum Gasteiger partial charge on any atom is 0.172 e. The van der Waals surface area contributed by atoms with Crippen molar-refractivity contribution in [3.05, 3.63) is 34.9 Å². The van der Waals surface area contributed by atoms with Crippen LogP contribution in [-0.4, -0.2) is 32.1 Å². The maximum atomic E-state index is 13.7. The molecule has 0 aliphatic carbocycles. The summed E-state index contributed by atoms with van der Waals surface area (Å²) in [5, 5.41) is 2.95. The lowest BCUT2D eigenvalue weighted by Crippen LogP contribution is -2.37. The number of benzene rings is 1.